The Bertz CT molecular complexity index is 710. The van der Waals surface area contributed by atoms with Crippen molar-refractivity contribution in [1.29, 1.82) is 0 Å². The lowest BCUT2D eigenvalue weighted by Crippen LogP contribution is -2.45. The number of benzene rings is 1. The van der Waals surface area contributed by atoms with Crippen molar-refractivity contribution >= 4 is 11.8 Å². The number of fused-ring (bicyclic) bond motifs is 5. The minimum absolute atomic E-state index is 0.0171. The van der Waals surface area contributed by atoms with Crippen molar-refractivity contribution < 1.29 is 19.4 Å². The SMILES string of the molecule is COc1ccc2c(c1)CC[C@@H]1[C@@H]2CC[C@]2(C)C(=O)CC(C(=O)O)[C@@H]12. The van der Waals surface area contributed by atoms with Crippen LogP contribution in [0.2, 0.25) is 0 Å². The summed E-state index contributed by atoms with van der Waals surface area (Å²) in [6.07, 6.45) is 3.93. The highest BCUT2D eigenvalue weighted by Gasteiger charge is 2.60. The van der Waals surface area contributed by atoms with Gasteiger partial charge in [0.25, 0.3) is 0 Å². The fourth-order valence-corrected chi connectivity index (χ4v) is 5.80. The number of ether oxygens (including phenoxy) is 1. The van der Waals surface area contributed by atoms with Crippen LogP contribution in [0.5, 0.6) is 5.75 Å². The maximum Gasteiger partial charge on any atom is 0.307 e. The van der Waals surface area contributed by atoms with E-state index in [1.165, 1.54) is 11.1 Å². The molecule has 0 aliphatic heterocycles. The van der Waals surface area contributed by atoms with Crippen LogP contribution in [0, 0.1) is 23.2 Å². The highest BCUT2D eigenvalue weighted by Crippen LogP contribution is 2.61. The topological polar surface area (TPSA) is 63.6 Å². The fourth-order valence-electron chi connectivity index (χ4n) is 5.80. The van der Waals surface area contributed by atoms with Gasteiger partial charge in [-0.2, -0.15) is 0 Å². The predicted octanol–water partition coefficient (Wildman–Crippen LogP) is 3.43. The average Bonchev–Trinajstić information content (AvgIpc) is 2.86. The van der Waals surface area contributed by atoms with Gasteiger partial charge in [-0.15, -0.1) is 0 Å². The molecule has 0 amide bonds. The molecule has 4 heteroatoms. The molecule has 5 atom stereocenters. The number of rotatable bonds is 2. The van der Waals surface area contributed by atoms with E-state index in [0.717, 1.165) is 31.4 Å². The monoisotopic (exact) mass is 328 g/mol. The van der Waals surface area contributed by atoms with Crippen molar-refractivity contribution in [2.75, 3.05) is 7.11 Å². The summed E-state index contributed by atoms with van der Waals surface area (Å²) in [5.74, 6) is 0.415. The molecule has 2 saturated carbocycles. The third-order valence-corrected chi connectivity index (χ3v) is 6.98. The van der Waals surface area contributed by atoms with Crippen LogP contribution in [0.4, 0.5) is 0 Å². The highest BCUT2D eigenvalue weighted by atomic mass is 16.5. The van der Waals surface area contributed by atoms with E-state index in [0.29, 0.717) is 11.8 Å². The van der Waals surface area contributed by atoms with E-state index in [1.807, 2.05) is 13.0 Å². The molecule has 1 aromatic carbocycles. The van der Waals surface area contributed by atoms with Crippen LogP contribution in [0.3, 0.4) is 0 Å². The van der Waals surface area contributed by atoms with Crippen molar-refractivity contribution in [1.82, 2.24) is 0 Å². The van der Waals surface area contributed by atoms with Crippen LogP contribution in [0.1, 0.15) is 49.7 Å². The number of hydrogen-bond donors (Lipinski definition) is 1. The maximum absolute atomic E-state index is 12.6. The van der Waals surface area contributed by atoms with Gasteiger partial charge in [0.15, 0.2) is 0 Å². The van der Waals surface area contributed by atoms with Crippen LogP contribution in [-0.4, -0.2) is 24.0 Å². The van der Waals surface area contributed by atoms with E-state index in [-0.39, 0.29) is 18.1 Å². The number of carbonyl (C=O) groups excluding carboxylic acids is 1. The van der Waals surface area contributed by atoms with Crippen LogP contribution >= 0.6 is 0 Å². The molecule has 0 spiro atoms. The van der Waals surface area contributed by atoms with Crippen LogP contribution in [0.15, 0.2) is 18.2 Å². The number of hydrogen-bond acceptors (Lipinski definition) is 3. The normalized spacial score (nSPS) is 37.3. The zero-order valence-corrected chi connectivity index (χ0v) is 14.2. The van der Waals surface area contributed by atoms with E-state index in [2.05, 4.69) is 12.1 Å². The van der Waals surface area contributed by atoms with Crippen molar-refractivity contribution in [2.45, 2.75) is 44.9 Å². The van der Waals surface area contributed by atoms with E-state index >= 15 is 0 Å². The number of carbonyl (C=O) groups is 2. The number of Topliss-reactive ketones (excluding diaryl/α,β-unsaturated/α-hetero) is 1. The summed E-state index contributed by atoms with van der Waals surface area (Å²) in [5.41, 5.74) is 2.24. The standard InChI is InChI=1S/C20H24O4/c1-20-8-7-14-13-6-4-12(24-2)9-11(13)3-5-15(14)18(20)16(19(22)23)10-17(20)21/h4,6,9,14-16,18H,3,5,7-8,10H2,1-2H3,(H,22,23)/t14-,15-,16?,18-,20-/m1/s1. The number of carboxylic acid groups (broad SMARTS) is 1. The van der Waals surface area contributed by atoms with Crippen molar-refractivity contribution in [3.63, 3.8) is 0 Å². The second-order valence-corrected chi connectivity index (χ2v) is 7.93. The van der Waals surface area contributed by atoms with Gasteiger partial charge in [-0.25, -0.2) is 0 Å². The Morgan fingerprint density at radius 3 is 2.83 bits per heavy atom. The smallest absolute Gasteiger partial charge is 0.307 e. The fraction of sp³-hybridized carbons (Fsp3) is 0.600. The van der Waals surface area contributed by atoms with Crippen molar-refractivity contribution in [3.8, 4) is 5.75 Å². The molecule has 4 nitrogen and oxygen atoms in total. The average molecular weight is 328 g/mol. The molecule has 3 aliphatic rings. The molecule has 0 bridgehead atoms. The Kier molecular flexibility index (Phi) is 3.48. The first kappa shape index (κ1) is 15.7. The highest BCUT2D eigenvalue weighted by molar-refractivity contribution is 5.92. The molecule has 1 unspecified atom stereocenters. The Hall–Kier alpha value is -1.84. The summed E-state index contributed by atoms with van der Waals surface area (Å²) in [6, 6.07) is 6.28. The van der Waals surface area contributed by atoms with E-state index in [9.17, 15) is 14.7 Å². The first-order valence-electron chi connectivity index (χ1n) is 8.88. The van der Waals surface area contributed by atoms with Crippen LogP contribution in [0.25, 0.3) is 0 Å². The molecule has 1 N–H and O–H groups in total. The molecule has 0 aromatic heterocycles. The zero-order chi connectivity index (χ0) is 17.1. The Morgan fingerprint density at radius 2 is 2.12 bits per heavy atom. The van der Waals surface area contributed by atoms with Gasteiger partial charge in [0.1, 0.15) is 11.5 Å². The number of ketones is 1. The lowest BCUT2D eigenvalue weighted by Gasteiger charge is -2.49. The molecule has 2 fully saturated rings. The predicted molar refractivity (Wildman–Crippen MR) is 89.1 cm³/mol. The Balaban J connectivity index is 1.74. The molecule has 0 radical (unpaired) electrons. The first-order chi connectivity index (χ1) is 11.5. The molecular weight excluding hydrogens is 304 g/mol. The zero-order valence-electron chi connectivity index (χ0n) is 14.2. The summed E-state index contributed by atoms with van der Waals surface area (Å²) in [6.45, 7) is 2.02. The molecule has 0 heterocycles. The number of methoxy groups -OCH3 is 1. The molecule has 0 saturated heterocycles. The van der Waals surface area contributed by atoms with Crippen molar-refractivity contribution in [3.05, 3.63) is 29.3 Å². The van der Waals surface area contributed by atoms with Gasteiger partial charge in [0.05, 0.1) is 13.0 Å². The van der Waals surface area contributed by atoms with Gasteiger partial charge in [-0.1, -0.05) is 13.0 Å². The third-order valence-electron chi connectivity index (χ3n) is 6.98. The lowest BCUT2D eigenvalue weighted by molar-refractivity contribution is -0.145. The van der Waals surface area contributed by atoms with Gasteiger partial charge in [-0.3, -0.25) is 9.59 Å². The van der Waals surface area contributed by atoms with E-state index in [4.69, 9.17) is 4.74 Å². The summed E-state index contributed by atoms with van der Waals surface area (Å²) >= 11 is 0. The molecule has 24 heavy (non-hydrogen) atoms. The van der Waals surface area contributed by atoms with Crippen molar-refractivity contribution in [2.24, 2.45) is 23.2 Å². The quantitative estimate of drug-likeness (QED) is 0.903. The molecule has 128 valence electrons. The third kappa shape index (κ3) is 2.04. The largest absolute Gasteiger partial charge is 0.497 e. The Morgan fingerprint density at radius 1 is 1.33 bits per heavy atom. The van der Waals surface area contributed by atoms with Crippen LogP contribution < -0.4 is 4.74 Å². The molecule has 3 aliphatic carbocycles. The summed E-state index contributed by atoms with van der Waals surface area (Å²) < 4.78 is 5.34. The summed E-state index contributed by atoms with van der Waals surface area (Å²) in [5, 5.41) is 9.67. The molecule has 1 aromatic rings. The first-order valence-corrected chi connectivity index (χ1v) is 8.88. The summed E-state index contributed by atoms with van der Waals surface area (Å²) in [4.78, 5) is 24.3. The Labute approximate surface area is 142 Å². The molecular formula is C20H24O4. The minimum atomic E-state index is -0.793. The van der Waals surface area contributed by atoms with Crippen LogP contribution in [-0.2, 0) is 16.0 Å². The van der Waals surface area contributed by atoms with Gasteiger partial charge in [-0.05, 0) is 66.7 Å². The van der Waals surface area contributed by atoms with Gasteiger partial charge < -0.3 is 9.84 Å². The van der Waals surface area contributed by atoms with E-state index < -0.39 is 17.3 Å². The second kappa shape index (κ2) is 5.33. The van der Waals surface area contributed by atoms with Gasteiger partial charge >= 0.3 is 5.97 Å². The summed E-state index contributed by atoms with van der Waals surface area (Å²) in [7, 11) is 1.68. The van der Waals surface area contributed by atoms with Gasteiger partial charge in [0.2, 0.25) is 0 Å². The number of carboxylic acids is 1. The van der Waals surface area contributed by atoms with E-state index in [1.54, 1.807) is 7.11 Å². The second-order valence-electron chi connectivity index (χ2n) is 7.93. The molecule has 4 rings (SSSR count). The minimum Gasteiger partial charge on any atom is -0.497 e. The maximum atomic E-state index is 12.6. The lowest BCUT2D eigenvalue weighted by atomic mass is 9.54. The number of aliphatic carboxylic acids is 1. The van der Waals surface area contributed by atoms with Gasteiger partial charge in [0, 0.05) is 11.8 Å². The number of aryl methyl sites for hydroxylation is 1.